The Bertz CT molecular complexity index is 537. The molecule has 1 heterocycles. The summed E-state index contributed by atoms with van der Waals surface area (Å²) in [6.07, 6.45) is 1.42. The zero-order valence-electron chi connectivity index (χ0n) is 9.24. The Kier molecular flexibility index (Phi) is 3.58. The SMILES string of the molecule is Cc1oncc1C(=O)Nc1ccccc1CBr. The second kappa shape index (κ2) is 5.14. The topological polar surface area (TPSA) is 55.1 Å². The Hall–Kier alpha value is -1.62. The van der Waals surface area contributed by atoms with Crippen LogP contribution in [0.25, 0.3) is 0 Å². The molecule has 0 bridgehead atoms. The molecule has 2 rings (SSSR count). The molecule has 0 fully saturated rings. The molecule has 5 heteroatoms. The third kappa shape index (κ3) is 2.55. The van der Waals surface area contributed by atoms with Gasteiger partial charge in [-0.1, -0.05) is 39.3 Å². The van der Waals surface area contributed by atoms with Crippen molar-refractivity contribution in [2.75, 3.05) is 5.32 Å². The van der Waals surface area contributed by atoms with Crippen LogP contribution >= 0.6 is 15.9 Å². The number of halogens is 1. The summed E-state index contributed by atoms with van der Waals surface area (Å²) >= 11 is 3.38. The maximum absolute atomic E-state index is 11.9. The fraction of sp³-hybridized carbons (Fsp3) is 0.167. The minimum atomic E-state index is -0.211. The molecule has 1 amide bonds. The maximum atomic E-state index is 11.9. The number of alkyl halides is 1. The highest BCUT2D eigenvalue weighted by molar-refractivity contribution is 9.08. The van der Waals surface area contributed by atoms with Crippen molar-refractivity contribution in [2.24, 2.45) is 0 Å². The van der Waals surface area contributed by atoms with Crippen molar-refractivity contribution in [1.82, 2.24) is 5.16 Å². The highest BCUT2D eigenvalue weighted by Gasteiger charge is 2.13. The van der Waals surface area contributed by atoms with Crippen LogP contribution in [0.1, 0.15) is 21.7 Å². The number of nitrogens with zero attached hydrogens (tertiary/aromatic N) is 1. The molecule has 88 valence electrons. The summed E-state index contributed by atoms with van der Waals surface area (Å²) < 4.78 is 4.86. The van der Waals surface area contributed by atoms with Crippen LogP contribution in [0.3, 0.4) is 0 Å². The quantitative estimate of drug-likeness (QED) is 0.885. The van der Waals surface area contributed by atoms with Gasteiger partial charge in [-0.15, -0.1) is 0 Å². The normalized spacial score (nSPS) is 10.2. The lowest BCUT2D eigenvalue weighted by molar-refractivity contribution is 0.102. The van der Waals surface area contributed by atoms with Crippen LogP contribution in [0.5, 0.6) is 0 Å². The van der Waals surface area contributed by atoms with Crippen molar-refractivity contribution in [2.45, 2.75) is 12.3 Å². The van der Waals surface area contributed by atoms with Gasteiger partial charge in [-0.05, 0) is 18.6 Å². The number of nitrogens with one attached hydrogen (secondary N) is 1. The third-order valence-electron chi connectivity index (χ3n) is 2.40. The highest BCUT2D eigenvalue weighted by Crippen LogP contribution is 2.19. The van der Waals surface area contributed by atoms with Crippen LogP contribution < -0.4 is 5.32 Å². The number of anilines is 1. The number of hydrogen-bond acceptors (Lipinski definition) is 3. The maximum Gasteiger partial charge on any atom is 0.260 e. The number of benzene rings is 1. The molecule has 0 aliphatic rings. The molecule has 0 saturated carbocycles. The summed E-state index contributed by atoms with van der Waals surface area (Å²) in [4.78, 5) is 11.9. The van der Waals surface area contributed by atoms with Crippen molar-refractivity contribution in [3.63, 3.8) is 0 Å². The molecular formula is C12H11BrN2O2. The first kappa shape index (κ1) is 11.9. The minimum absolute atomic E-state index is 0.211. The molecule has 17 heavy (non-hydrogen) atoms. The molecule has 0 atom stereocenters. The van der Waals surface area contributed by atoms with Crippen molar-refractivity contribution in [3.05, 3.63) is 47.3 Å². The summed E-state index contributed by atoms with van der Waals surface area (Å²) in [5.41, 5.74) is 2.26. The van der Waals surface area contributed by atoms with E-state index in [0.29, 0.717) is 16.7 Å². The lowest BCUT2D eigenvalue weighted by Gasteiger charge is -2.08. The van der Waals surface area contributed by atoms with Crippen LogP contribution in [-0.2, 0) is 5.33 Å². The van der Waals surface area contributed by atoms with E-state index in [1.165, 1.54) is 6.20 Å². The van der Waals surface area contributed by atoms with E-state index in [4.69, 9.17) is 4.52 Å². The Morgan fingerprint density at radius 2 is 2.24 bits per heavy atom. The molecule has 1 aromatic heterocycles. The number of carbonyl (C=O) groups is 1. The zero-order valence-corrected chi connectivity index (χ0v) is 10.8. The number of amides is 1. The van der Waals surface area contributed by atoms with E-state index < -0.39 is 0 Å². The first-order valence-corrected chi connectivity index (χ1v) is 6.21. The number of aryl methyl sites for hydroxylation is 1. The molecule has 0 saturated heterocycles. The summed E-state index contributed by atoms with van der Waals surface area (Å²) in [5, 5.41) is 7.10. The molecule has 0 radical (unpaired) electrons. The smallest absolute Gasteiger partial charge is 0.260 e. The monoisotopic (exact) mass is 294 g/mol. The predicted octanol–water partition coefficient (Wildman–Crippen LogP) is 3.13. The standard InChI is InChI=1S/C12H11BrN2O2/c1-8-10(7-14-17-8)12(16)15-11-5-3-2-4-9(11)6-13/h2-5,7H,6H2,1H3,(H,15,16). The van der Waals surface area contributed by atoms with Gasteiger partial charge in [0.25, 0.3) is 5.91 Å². The van der Waals surface area contributed by atoms with E-state index in [2.05, 4.69) is 26.4 Å². The van der Waals surface area contributed by atoms with Crippen LogP contribution in [0, 0.1) is 6.92 Å². The third-order valence-corrected chi connectivity index (χ3v) is 3.01. The first-order chi connectivity index (χ1) is 8.22. The van der Waals surface area contributed by atoms with E-state index in [9.17, 15) is 4.79 Å². The van der Waals surface area contributed by atoms with Gasteiger partial charge < -0.3 is 9.84 Å². The fourth-order valence-corrected chi connectivity index (χ4v) is 1.95. The van der Waals surface area contributed by atoms with Gasteiger partial charge in [0, 0.05) is 11.0 Å². The van der Waals surface area contributed by atoms with E-state index in [1.54, 1.807) is 6.92 Å². The van der Waals surface area contributed by atoms with Gasteiger partial charge in [-0.25, -0.2) is 0 Å². The highest BCUT2D eigenvalue weighted by atomic mass is 79.9. The van der Waals surface area contributed by atoms with E-state index >= 15 is 0 Å². The lowest BCUT2D eigenvalue weighted by atomic mass is 10.2. The summed E-state index contributed by atoms with van der Waals surface area (Å²) in [5.74, 6) is 0.302. The number of carbonyl (C=O) groups excluding carboxylic acids is 1. The number of hydrogen-bond donors (Lipinski definition) is 1. The van der Waals surface area contributed by atoms with Crippen LogP contribution in [0.4, 0.5) is 5.69 Å². The number of para-hydroxylation sites is 1. The molecule has 2 aromatic rings. The van der Waals surface area contributed by atoms with Gasteiger partial charge in [0.2, 0.25) is 0 Å². The van der Waals surface area contributed by atoms with Crippen LogP contribution in [-0.4, -0.2) is 11.1 Å². The first-order valence-electron chi connectivity index (χ1n) is 5.09. The minimum Gasteiger partial charge on any atom is -0.361 e. The molecule has 0 aliphatic heterocycles. The van der Waals surface area contributed by atoms with Gasteiger partial charge >= 0.3 is 0 Å². The summed E-state index contributed by atoms with van der Waals surface area (Å²) in [6, 6.07) is 7.61. The summed E-state index contributed by atoms with van der Waals surface area (Å²) in [6.45, 7) is 1.71. The molecule has 0 aliphatic carbocycles. The van der Waals surface area contributed by atoms with Gasteiger partial charge in [0.05, 0.1) is 6.20 Å². The Labute approximate surface area is 107 Å². The molecule has 0 unspecified atom stereocenters. The molecule has 1 N–H and O–H groups in total. The summed E-state index contributed by atoms with van der Waals surface area (Å²) in [7, 11) is 0. The van der Waals surface area contributed by atoms with E-state index in [0.717, 1.165) is 11.3 Å². The number of rotatable bonds is 3. The van der Waals surface area contributed by atoms with Gasteiger partial charge in [-0.2, -0.15) is 0 Å². The Balaban J connectivity index is 2.22. The lowest BCUT2D eigenvalue weighted by Crippen LogP contribution is -2.13. The van der Waals surface area contributed by atoms with Gasteiger partial charge in [-0.3, -0.25) is 4.79 Å². The van der Waals surface area contributed by atoms with Gasteiger partial charge in [0.15, 0.2) is 0 Å². The Morgan fingerprint density at radius 1 is 1.47 bits per heavy atom. The average Bonchev–Trinajstić information content (AvgIpc) is 2.76. The molecule has 4 nitrogen and oxygen atoms in total. The van der Waals surface area contributed by atoms with Gasteiger partial charge in [0.1, 0.15) is 11.3 Å². The van der Waals surface area contributed by atoms with Crippen molar-refractivity contribution in [1.29, 1.82) is 0 Å². The van der Waals surface area contributed by atoms with Crippen LogP contribution in [0.2, 0.25) is 0 Å². The molecular weight excluding hydrogens is 284 g/mol. The van der Waals surface area contributed by atoms with Crippen molar-refractivity contribution < 1.29 is 9.32 Å². The second-order valence-corrected chi connectivity index (χ2v) is 4.10. The average molecular weight is 295 g/mol. The second-order valence-electron chi connectivity index (χ2n) is 3.54. The molecule has 0 spiro atoms. The van der Waals surface area contributed by atoms with Crippen molar-refractivity contribution >= 4 is 27.5 Å². The van der Waals surface area contributed by atoms with Crippen LogP contribution in [0.15, 0.2) is 35.0 Å². The molecule has 1 aromatic carbocycles. The van der Waals surface area contributed by atoms with E-state index in [1.807, 2.05) is 24.3 Å². The van der Waals surface area contributed by atoms with Crippen molar-refractivity contribution in [3.8, 4) is 0 Å². The predicted molar refractivity (Wildman–Crippen MR) is 68.3 cm³/mol. The number of aromatic nitrogens is 1. The van der Waals surface area contributed by atoms with E-state index in [-0.39, 0.29) is 5.91 Å². The fourth-order valence-electron chi connectivity index (χ4n) is 1.47. The Morgan fingerprint density at radius 3 is 2.88 bits per heavy atom. The zero-order chi connectivity index (χ0) is 12.3. The largest absolute Gasteiger partial charge is 0.361 e.